The number of carbonyl (C=O) groups excluding carboxylic acids is 1. The Morgan fingerprint density at radius 3 is 2.67 bits per heavy atom. The fourth-order valence-electron chi connectivity index (χ4n) is 2.68. The van der Waals surface area contributed by atoms with E-state index in [-0.39, 0.29) is 35.3 Å². The number of anilines is 1. The van der Waals surface area contributed by atoms with Gasteiger partial charge in [0.05, 0.1) is 16.5 Å². The monoisotopic (exact) mass is 384 g/mol. The molecular weight excluding hydrogens is 368 g/mol. The summed E-state index contributed by atoms with van der Waals surface area (Å²) in [5, 5.41) is 5.97. The van der Waals surface area contributed by atoms with E-state index in [9.17, 15) is 18.0 Å². The second-order valence-electron chi connectivity index (χ2n) is 5.82. The van der Waals surface area contributed by atoms with Gasteiger partial charge in [0.2, 0.25) is 5.91 Å². The second kappa shape index (κ2) is 7.33. The van der Waals surface area contributed by atoms with Gasteiger partial charge in [0.1, 0.15) is 5.82 Å². The van der Waals surface area contributed by atoms with Gasteiger partial charge < -0.3 is 15.5 Å². The van der Waals surface area contributed by atoms with Gasteiger partial charge in [-0.2, -0.15) is 13.2 Å². The largest absolute Gasteiger partial charge is 0.417 e. The molecule has 2 aliphatic heterocycles. The first-order valence-electron chi connectivity index (χ1n) is 7.33. The molecule has 2 saturated heterocycles. The van der Waals surface area contributed by atoms with Gasteiger partial charge in [0.15, 0.2) is 0 Å². The summed E-state index contributed by atoms with van der Waals surface area (Å²) in [7, 11) is 0. The van der Waals surface area contributed by atoms with Crippen molar-refractivity contribution in [2.45, 2.75) is 18.6 Å². The first-order valence-corrected chi connectivity index (χ1v) is 7.71. The number of aromatic nitrogens is 1. The Kier molecular flexibility index (Phi) is 5.83. The van der Waals surface area contributed by atoms with Crippen LogP contribution >= 0.6 is 24.0 Å². The topological polar surface area (TPSA) is 57.3 Å². The average molecular weight is 385 g/mol. The minimum atomic E-state index is -4.46. The summed E-state index contributed by atoms with van der Waals surface area (Å²) in [6.45, 7) is 2.46. The summed E-state index contributed by atoms with van der Waals surface area (Å²) in [6.07, 6.45) is -2.97. The fourth-order valence-corrected chi connectivity index (χ4v) is 2.97. The van der Waals surface area contributed by atoms with E-state index in [1.54, 1.807) is 4.90 Å². The highest BCUT2D eigenvalue weighted by Crippen LogP contribution is 2.34. The summed E-state index contributed by atoms with van der Waals surface area (Å²) in [6, 6.07) is 0.846. The van der Waals surface area contributed by atoms with Crippen LogP contribution in [0.1, 0.15) is 12.0 Å². The van der Waals surface area contributed by atoms with Crippen molar-refractivity contribution in [3.05, 3.63) is 22.8 Å². The van der Waals surface area contributed by atoms with Crippen molar-refractivity contribution in [2.24, 2.45) is 5.92 Å². The normalized spacial score (nSPS) is 21.2. The summed E-state index contributed by atoms with van der Waals surface area (Å²) in [4.78, 5) is 17.6. The number of rotatable bonds is 3. The van der Waals surface area contributed by atoms with E-state index < -0.39 is 11.7 Å². The van der Waals surface area contributed by atoms with Crippen LogP contribution in [0, 0.1) is 5.92 Å². The van der Waals surface area contributed by atoms with Crippen LogP contribution in [0.4, 0.5) is 19.0 Å². The fraction of sp³-hybridized carbons (Fsp3) is 0.571. The molecule has 0 bridgehead atoms. The number of pyridine rings is 1. The summed E-state index contributed by atoms with van der Waals surface area (Å²) in [5.74, 6) is 0.348. The molecule has 2 aliphatic rings. The van der Waals surface area contributed by atoms with E-state index in [1.165, 1.54) is 0 Å². The zero-order valence-corrected chi connectivity index (χ0v) is 14.1. The van der Waals surface area contributed by atoms with Crippen LogP contribution in [0.2, 0.25) is 5.02 Å². The quantitative estimate of drug-likeness (QED) is 0.837. The Hall–Kier alpha value is -1.25. The van der Waals surface area contributed by atoms with Crippen molar-refractivity contribution in [1.29, 1.82) is 0 Å². The van der Waals surface area contributed by atoms with Crippen LogP contribution in [0.5, 0.6) is 0 Å². The third-order valence-corrected chi connectivity index (χ3v) is 4.41. The lowest BCUT2D eigenvalue weighted by molar-refractivity contribution is -0.137. The van der Waals surface area contributed by atoms with Gasteiger partial charge in [0.25, 0.3) is 0 Å². The van der Waals surface area contributed by atoms with Crippen LogP contribution in [-0.4, -0.2) is 43.1 Å². The van der Waals surface area contributed by atoms with Gasteiger partial charge in [-0.15, -0.1) is 12.4 Å². The van der Waals surface area contributed by atoms with Crippen LogP contribution in [0.15, 0.2) is 12.3 Å². The van der Waals surface area contributed by atoms with E-state index in [1.807, 2.05) is 0 Å². The zero-order chi connectivity index (χ0) is 16.6. The van der Waals surface area contributed by atoms with Crippen LogP contribution in [0.3, 0.4) is 0 Å². The van der Waals surface area contributed by atoms with Crippen molar-refractivity contribution in [3.63, 3.8) is 0 Å². The Morgan fingerprint density at radius 2 is 2.12 bits per heavy atom. The molecule has 1 aromatic rings. The van der Waals surface area contributed by atoms with E-state index in [0.717, 1.165) is 12.3 Å². The Labute approximate surface area is 148 Å². The molecule has 0 aliphatic carbocycles. The molecule has 0 spiro atoms. The SMILES string of the molecule is Cl.O=C(NC1CCN(c2ncc(C(F)(F)F)cc2Cl)C1)C1CNC1. The molecule has 2 fully saturated rings. The number of alkyl halides is 3. The van der Waals surface area contributed by atoms with Gasteiger partial charge in [-0.1, -0.05) is 11.6 Å². The lowest BCUT2D eigenvalue weighted by Gasteiger charge is -2.27. The third kappa shape index (κ3) is 4.04. The molecule has 10 heteroatoms. The Morgan fingerprint density at radius 1 is 1.42 bits per heavy atom. The minimum Gasteiger partial charge on any atom is -0.353 e. The number of hydrogen-bond acceptors (Lipinski definition) is 4. The first kappa shape index (κ1) is 19.1. The zero-order valence-electron chi connectivity index (χ0n) is 12.6. The van der Waals surface area contributed by atoms with E-state index in [4.69, 9.17) is 11.6 Å². The van der Waals surface area contributed by atoms with Crippen molar-refractivity contribution in [3.8, 4) is 0 Å². The number of nitrogens with zero attached hydrogens (tertiary/aromatic N) is 2. The van der Waals surface area contributed by atoms with Gasteiger partial charge in [0, 0.05) is 38.4 Å². The smallest absolute Gasteiger partial charge is 0.353 e. The molecule has 3 heterocycles. The molecule has 0 radical (unpaired) electrons. The highest BCUT2D eigenvalue weighted by molar-refractivity contribution is 6.33. The van der Waals surface area contributed by atoms with E-state index in [0.29, 0.717) is 38.4 Å². The van der Waals surface area contributed by atoms with E-state index in [2.05, 4.69) is 15.6 Å². The molecule has 1 amide bonds. The minimum absolute atomic E-state index is 0. The maximum absolute atomic E-state index is 12.6. The van der Waals surface area contributed by atoms with Gasteiger partial charge in [-0.05, 0) is 12.5 Å². The Bertz CT molecular complexity index is 610. The van der Waals surface area contributed by atoms with Gasteiger partial charge in [-0.3, -0.25) is 4.79 Å². The standard InChI is InChI=1S/C14H16ClF3N4O.ClH/c15-11-3-9(14(16,17)18)6-20-12(11)22-2-1-10(7-22)21-13(23)8-4-19-5-8;/h3,6,8,10,19H,1-2,4-5,7H2,(H,21,23);1H. The molecule has 134 valence electrons. The first-order chi connectivity index (χ1) is 10.8. The van der Waals surface area contributed by atoms with Gasteiger partial charge >= 0.3 is 6.18 Å². The summed E-state index contributed by atoms with van der Waals surface area (Å²) < 4.78 is 37.9. The molecule has 1 unspecified atom stereocenters. The highest BCUT2D eigenvalue weighted by atomic mass is 35.5. The average Bonchev–Trinajstić information content (AvgIpc) is 2.83. The summed E-state index contributed by atoms with van der Waals surface area (Å²) in [5.41, 5.74) is -0.868. The molecule has 5 nitrogen and oxygen atoms in total. The second-order valence-corrected chi connectivity index (χ2v) is 6.23. The van der Waals surface area contributed by atoms with Crippen molar-refractivity contribution in [1.82, 2.24) is 15.6 Å². The Balaban J connectivity index is 0.00000208. The lowest BCUT2D eigenvalue weighted by Crippen LogP contribution is -2.53. The molecule has 1 atom stereocenters. The van der Waals surface area contributed by atoms with Crippen molar-refractivity contribution in [2.75, 3.05) is 31.1 Å². The number of nitrogens with one attached hydrogen (secondary N) is 2. The number of hydrogen-bond donors (Lipinski definition) is 2. The predicted octanol–water partition coefficient (Wildman–Crippen LogP) is 2.09. The van der Waals surface area contributed by atoms with E-state index >= 15 is 0 Å². The van der Waals surface area contributed by atoms with Gasteiger partial charge in [-0.25, -0.2) is 4.98 Å². The summed E-state index contributed by atoms with van der Waals surface area (Å²) >= 11 is 5.95. The molecule has 24 heavy (non-hydrogen) atoms. The van der Waals surface area contributed by atoms with Crippen LogP contribution < -0.4 is 15.5 Å². The maximum Gasteiger partial charge on any atom is 0.417 e. The molecular formula is C14H17Cl2F3N4O. The van der Waals surface area contributed by atoms with Crippen LogP contribution in [0.25, 0.3) is 0 Å². The number of halogens is 5. The predicted molar refractivity (Wildman–Crippen MR) is 86.6 cm³/mol. The number of amides is 1. The van der Waals surface area contributed by atoms with Crippen molar-refractivity contribution >= 4 is 35.7 Å². The molecule has 3 rings (SSSR count). The van der Waals surface area contributed by atoms with Crippen LogP contribution in [-0.2, 0) is 11.0 Å². The maximum atomic E-state index is 12.6. The van der Waals surface area contributed by atoms with Crippen molar-refractivity contribution < 1.29 is 18.0 Å². The molecule has 2 N–H and O–H groups in total. The molecule has 0 saturated carbocycles. The molecule has 0 aromatic carbocycles. The highest BCUT2D eigenvalue weighted by Gasteiger charge is 2.34. The molecule has 1 aromatic heterocycles. The lowest BCUT2D eigenvalue weighted by atomic mass is 10.0. The number of carbonyl (C=O) groups is 1. The third-order valence-electron chi connectivity index (χ3n) is 4.14.